The number of esters is 1. The van der Waals surface area contributed by atoms with Crippen LogP contribution in [-0.2, 0) is 20.9 Å². The van der Waals surface area contributed by atoms with Crippen LogP contribution >= 0.6 is 11.3 Å². The van der Waals surface area contributed by atoms with Crippen LogP contribution < -0.4 is 4.80 Å². The number of ether oxygens (including phenoxy) is 1. The fraction of sp³-hybridized carbons (Fsp3) is 0.471. The van der Waals surface area contributed by atoms with Crippen LogP contribution in [-0.4, -0.2) is 23.1 Å². The Morgan fingerprint density at radius 3 is 2.61 bits per heavy atom. The molecule has 0 spiro atoms. The van der Waals surface area contributed by atoms with E-state index >= 15 is 0 Å². The highest BCUT2D eigenvalue weighted by Gasteiger charge is 2.21. The molecule has 23 heavy (non-hydrogen) atoms. The third kappa shape index (κ3) is 4.07. The van der Waals surface area contributed by atoms with Crippen molar-refractivity contribution >= 4 is 33.4 Å². The average molecular weight is 334 g/mol. The van der Waals surface area contributed by atoms with Gasteiger partial charge in [-0.2, -0.15) is 4.99 Å². The van der Waals surface area contributed by atoms with E-state index in [9.17, 15) is 9.59 Å². The lowest BCUT2D eigenvalue weighted by Gasteiger charge is -2.12. The van der Waals surface area contributed by atoms with Gasteiger partial charge < -0.3 is 9.30 Å². The number of fused-ring (bicyclic) bond motifs is 1. The van der Waals surface area contributed by atoms with Crippen LogP contribution in [0.25, 0.3) is 10.2 Å². The molecule has 0 fully saturated rings. The first-order valence-electron chi connectivity index (χ1n) is 7.57. The van der Waals surface area contributed by atoms with Crippen molar-refractivity contribution in [2.24, 2.45) is 10.4 Å². The van der Waals surface area contributed by atoms with E-state index in [1.807, 2.05) is 45.9 Å². The Bertz CT molecular complexity index is 809. The van der Waals surface area contributed by atoms with Crippen molar-refractivity contribution in [2.75, 3.05) is 6.61 Å². The molecule has 1 aromatic carbocycles. The zero-order valence-corrected chi connectivity index (χ0v) is 15.0. The maximum Gasteiger partial charge on any atom is 0.326 e. The molecular weight excluding hydrogens is 312 g/mol. The molecule has 0 bridgehead atoms. The van der Waals surface area contributed by atoms with E-state index in [1.54, 1.807) is 11.5 Å². The van der Waals surface area contributed by atoms with Gasteiger partial charge in [0.2, 0.25) is 0 Å². The van der Waals surface area contributed by atoms with E-state index in [0.717, 1.165) is 15.8 Å². The first-order chi connectivity index (χ1) is 10.7. The van der Waals surface area contributed by atoms with Crippen molar-refractivity contribution in [1.29, 1.82) is 0 Å². The lowest BCUT2D eigenvalue weighted by atomic mass is 9.96. The molecule has 0 atom stereocenters. The lowest BCUT2D eigenvalue weighted by molar-refractivity contribution is -0.143. The Morgan fingerprint density at radius 1 is 1.30 bits per heavy atom. The number of carbonyl (C=O) groups is 2. The second kappa shape index (κ2) is 6.66. The zero-order chi connectivity index (χ0) is 17.2. The molecule has 0 saturated heterocycles. The number of hydrogen-bond donors (Lipinski definition) is 0. The van der Waals surface area contributed by atoms with Gasteiger partial charge in [0.05, 0.1) is 16.8 Å². The molecule has 0 aliphatic rings. The minimum Gasteiger partial charge on any atom is -0.465 e. The van der Waals surface area contributed by atoms with E-state index in [-0.39, 0.29) is 18.4 Å². The van der Waals surface area contributed by atoms with E-state index in [4.69, 9.17) is 4.74 Å². The topological polar surface area (TPSA) is 60.7 Å². The highest BCUT2D eigenvalue weighted by molar-refractivity contribution is 7.16. The largest absolute Gasteiger partial charge is 0.465 e. The molecule has 0 unspecified atom stereocenters. The number of rotatable bonds is 3. The first kappa shape index (κ1) is 17.4. The molecule has 0 saturated carbocycles. The highest BCUT2D eigenvalue weighted by Crippen LogP contribution is 2.20. The number of aryl methyl sites for hydroxylation is 1. The minimum absolute atomic E-state index is 0.0488. The van der Waals surface area contributed by atoms with Crippen molar-refractivity contribution in [3.63, 3.8) is 0 Å². The summed E-state index contributed by atoms with van der Waals surface area (Å²) in [7, 11) is 0. The van der Waals surface area contributed by atoms with Crippen LogP contribution in [0.5, 0.6) is 0 Å². The third-order valence-corrected chi connectivity index (χ3v) is 4.31. The molecule has 2 rings (SSSR count). The normalized spacial score (nSPS) is 12.7. The standard InChI is InChI=1S/C17H22N2O3S/c1-6-22-14(20)10-19-12-8-7-11(2)9-13(12)23-16(19)18-15(21)17(3,4)5/h7-9H,6,10H2,1-5H3. The molecule has 1 amide bonds. The van der Waals surface area contributed by atoms with Gasteiger partial charge >= 0.3 is 5.97 Å². The molecule has 2 aromatic rings. The molecule has 5 nitrogen and oxygen atoms in total. The van der Waals surface area contributed by atoms with Crippen molar-refractivity contribution in [3.05, 3.63) is 28.6 Å². The summed E-state index contributed by atoms with van der Waals surface area (Å²) in [6.45, 7) is 9.63. The molecule has 1 aromatic heterocycles. The summed E-state index contributed by atoms with van der Waals surface area (Å²) in [5.74, 6) is -0.546. The van der Waals surface area contributed by atoms with Crippen LogP contribution in [0.4, 0.5) is 0 Å². The van der Waals surface area contributed by atoms with E-state index in [2.05, 4.69) is 4.99 Å². The number of thiazole rings is 1. The van der Waals surface area contributed by atoms with Gasteiger partial charge in [0.25, 0.3) is 5.91 Å². The van der Waals surface area contributed by atoms with E-state index in [0.29, 0.717) is 11.4 Å². The Balaban J connectivity index is 2.60. The predicted octanol–water partition coefficient (Wildman–Crippen LogP) is 3.05. The van der Waals surface area contributed by atoms with Crippen LogP contribution in [0.2, 0.25) is 0 Å². The van der Waals surface area contributed by atoms with Gasteiger partial charge in [-0.3, -0.25) is 9.59 Å². The molecule has 0 N–H and O–H groups in total. The van der Waals surface area contributed by atoms with Crippen molar-refractivity contribution in [2.45, 2.75) is 41.2 Å². The maximum absolute atomic E-state index is 12.3. The Hall–Kier alpha value is -1.95. The Kier molecular flexibility index (Phi) is 5.04. The summed E-state index contributed by atoms with van der Waals surface area (Å²) in [5, 5.41) is 0. The number of nitrogens with zero attached hydrogens (tertiary/aromatic N) is 2. The third-order valence-electron chi connectivity index (χ3n) is 3.27. The van der Waals surface area contributed by atoms with E-state index < -0.39 is 5.41 Å². The van der Waals surface area contributed by atoms with E-state index in [1.165, 1.54) is 11.3 Å². The molecule has 6 heteroatoms. The second-order valence-corrected chi connectivity index (χ2v) is 7.42. The van der Waals surface area contributed by atoms with Gasteiger partial charge in [-0.25, -0.2) is 0 Å². The van der Waals surface area contributed by atoms with Gasteiger partial charge in [0, 0.05) is 5.41 Å². The average Bonchev–Trinajstić information content (AvgIpc) is 2.75. The number of amides is 1. The smallest absolute Gasteiger partial charge is 0.326 e. The Labute approximate surface area is 139 Å². The zero-order valence-electron chi connectivity index (χ0n) is 14.2. The van der Waals surface area contributed by atoms with Crippen molar-refractivity contribution < 1.29 is 14.3 Å². The van der Waals surface area contributed by atoms with Gasteiger partial charge in [-0.1, -0.05) is 38.2 Å². The lowest BCUT2D eigenvalue weighted by Crippen LogP contribution is -2.26. The van der Waals surface area contributed by atoms with Gasteiger partial charge in [0.1, 0.15) is 6.54 Å². The van der Waals surface area contributed by atoms with Crippen LogP contribution in [0.1, 0.15) is 33.3 Å². The van der Waals surface area contributed by atoms with Crippen LogP contribution in [0.15, 0.2) is 23.2 Å². The quantitative estimate of drug-likeness (QED) is 0.811. The Morgan fingerprint density at radius 2 is 2.00 bits per heavy atom. The molecule has 0 aliphatic carbocycles. The number of hydrogen-bond acceptors (Lipinski definition) is 4. The number of carbonyl (C=O) groups excluding carboxylic acids is 2. The van der Waals surface area contributed by atoms with Gasteiger partial charge in [-0.05, 0) is 31.5 Å². The van der Waals surface area contributed by atoms with Crippen molar-refractivity contribution in [1.82, 2.24) is 4.57 Å². The molecule has 1 heterocycles. The summed E-state index contributed by atoms with van der Waals surface area (Å²) < 4.78 is 7.78. The summed E-state index contributed by atoms with van der Waals surface area (Å²) in [4.78, 5) is 28.9. The van der Waals surface area contributed by atoms with Crippen LogP contribution in [0.3, 0.4) is 0 Å². The number of aromatic nitrogens is 1. The summed E-state index contributed by atoms with van der Waals surface area (Å²) in [6.07, 6.45) is 0. The highest BCUT2D eigenvalue weighted by atomic mass is 32.1. The molecule has 0 aliphatic heterocycles. The summed E-state index contributed by atoms with van der Waals surface area (Å²) in [6, 6.07) is 5.95. The first-order valence-corrected chi connectivity index (χ1v) is 8.39. The summed E-state index contributed by atoms with van der Waals surface area (Å²) in [5.41, 5.74) is 1.44. The van der Waals surface area contributed by atoms with Gasteiger partial charge in [-0.15, -0.1) is 0 Å². The summed E-state index contributed by atoms with van der Waals surface area (Å²) >= 11 is 1.41. The number of benzene rings is 1. The van der Waals surface area contributed by atoms with Gasteiger partial charge in [0.15, 0.2) is 4.80 Å². The van der Waals surface area contributed by atoms with Crippen LogP contribution in [0, 0.1) is 12.3 Å². The predicted molar refractivity (Wildman–Crippen MR) is 91.2 cm³/mol. The van der Waals surface area contributed by atoms with Crippen molar-refractivity contribution in [3.8, 4) is 0 Å². The fourth-order valence-corrected chi connectivity index (χ4v) is 3.13. The maximum atomic E-state index is 12.3. The fourth-order valence-electron chi connectivity index (χ4n) is 2.01. The molecule has 0 radical (unpaired) electrons. The molecular formula is C17H22N2O3S. The minimum atomic E-state index is -0.562. The second-order valence-electron chi connectivity index (χ2n) is 6.41. The molecule has 124 valence electrons. The SMILES string of the molecule is CCOC(=O)Cn1c(=NC(=O)C(C)(C)C)sc2cc(C)ccc21. The monoisotopic (exact) mass is 334 g/mol.